The molecule has 0 rings (SSSR count). The van der Waals surface area contributed by atoms with Gasteiger partial charge in [-0.15, -0.1) is 0 Å². The van der Waals surface area contributed by atoms with Gasteiger partial charge in [-0.1, -0.05) is 0 Å². The standard InChI is InChI=1S/2C2O6.3Ti/c2*3-1(4,5)2(6,7)8;;;/q2*-6;3*+4. The Morgan fingerprint density at radius 1 is 0.263 bits per heavy atom. The van der Waals surface area contributed by atoms with E-state index in [-0.39, 0.29) is 65.2 Å². The summed E-state index contributed by atoms with van der Waals surface area (Å²) in [6.45, 7) is 0. The molecule has 19 heavy (non-hydrogen) atoms. The van der Waals surface area contributed by atoms with Gasteiger partial charge in [-0.3, -0.25) is 0 Å². The molecule has 15 heteroatoms. The summed E-state index contributed by atoms with van der Waals surface area (Å²) >= 11 is 0. The summed E-state index contributed by atoms with van der Waals surface area (Å²) in [6, 6.07) is 0. The Balaban J connectivity index is -0.0000000594. The van der Waals surface area contributed by atoms with Crippen molar-refractivity contribution in [2.24, 2.45) is 0 Å². The van der Waals surface area contributed by atoms with Crippen LogP contribution in [-0.4, -0.2) is 23.9 Å². The van der Waals surface area contributed by atoms with Gasteiger partial charge in [-0.25, -0.2) is 0 Å². The first-order valence-electron chi connectivity index (χ1n) is 2.95. The van der Waals surface area contributed by atoms with E-state index in [1.807, 2.05) is 0 Å². The van der Waals surface area contributed by atoms with Crippen molar-refractivity contribution < 1.29 is 126 Å². The van der Waals surface area contributed by atoms with Gasteiger partial charge in [0.1, 0.15) is 0 Å². The zero-order chi connectivity index (χ0) is 14.0. The smallest absolute Gasteiger partial charge is 0.879 e. The molecule has 0 saturated heterocycles. The van der Waals surface area contributed by atoms with Gasteiger partial charge in [-0.2, -0.15) is 0 Å². The zero-order valence-electron chi connectivity index (χ0n) is 8.40. The Labute approximate surface area is 149 Å². The number of hydrogen-bond donors (Lipinski definition) is 0. The van der Waals surface area contributed by atoms with Gasteiger partial charge in [0.05, 0.1) is 0 Å². The van der Waals surface area contributed by atoms with Crippen LogP contribution in [0.3, 0.4) is 0 Å². The van der Waals surface area contributed by atoms with Crippen LogP contribution in [0.25, 0.3) is 0 Å². The summed E-state index contributed by atoms with van der Waals surface area (Å²) in [5.41, 5.74) is 0. The van der Waals surface area contributed by atoms with Crippen LogP contribution < -0.4 is 61.3 Å². The molecule has 0 heterocycles. The van der Waals surface area contributed by atoms with Crippen LogP contribution in [0.15, 0.2) is 0 Å². The van der Waals surface area contributed by atoms with Gasteiger partial charge < -0.3 is 85.2 Å². The third-order valence-corrected chi connectivity index (χ3v) is 0.750. The SMILES string of the molecule is [O-]C([O-])([O-])C([O-])([O-])[O-].[O-]C([O-])([O-])C([O-])([O-])[O-].[Ti+4].[Ti+4].[Ti+4]. The van der Waals surface area contributed by atoms with E-state index in [1.54, 1.807) is 0 Å². The van der Waals surface area contributed by atoms with Gasteiger partial charge in [-0.05, 0) is 0 Å². The average molecular weight is 384 g/mol. The maximum atomic E-state index is 9.08. The van der Waals surface area contributed by atoms with E-state index in [9.17, 15) is 0 Å². The fraction of sp³-hybridized carbons (Fsp3) is 1.00. The van der Waals surface area contributed by atoms with Crippen LogP contribution in [0.2, 0.25) is 0 Å². The maximum absolute atomic E-state index is 9.08. The predicted molar refractivity (Wildman–Crippen MR) is 10.9 cm³/mol. The van der Waals surface area contributed by atoms with Crippen molar-refractivity contribution in [3.05, 3.63) is 0 Å². The van der Waals surface area contributed by atoms with Gasteiger partial charge in [0.25, 0.3) is 0 Å². The fourth-order valence-corrected chi connectivity index (χ4v) is 0. The largest absolute Gasteiger partial charge is 4.00 e. The Hall–Kier alpha value is 1.66. The van der Waals surface area contributed by atoms with Gasteiger partial charge in [0, 0.05) is 0 Å². The van der Waals surface area contributed by atoms with E-state index < -0.39 is 23.9 Å². The van der Waals surface area contributed by atoms with Crippen LogP contribution in [0.5, 0.6) is 0 Å². The zero-order valence-corrected chi connectivity index (χ0v) is 13.1. The third kappa shape index (κ3) is 15.9. The quantitative estimate of drug-likeness (QED) is 0.317. The van der Waals surface area contributed by atoms with E-state index >= 15 is 0 Å². The predicted octanol–water partition coefficient (Wildman–Crippen LogP) is -15.1. The van der Waals surface area contributed by atoms with E-state index in [2.05, 4.69) is 0 Å². The molecular weight excluding hydrogens is 384 g/mol. The van der Waals surface area contributed by atoms with Crippen LogP contribution in [-0.2, 0) is 65.2 Å². The summed E-state index contributed by atoms with van der Waals surface area (Å²) in [7, 11) is 0. The second kappa shape index (κ2) is 10.4. The van der Waals surface area contributed by atoms with Crippen molar-refractivity contribution in [3.8, 4) is 0 Å². The Morgan fingerprint density at radius 2 is 0.316 bits per heavy atom. The minimum absolute atomic E-state index is 0. The molecule has 0 fully saturated rings. The van der Waals surface area contributed by atoms with Crippen LogP contribution >= 0.6 is 0 Å². The van der Waals surface area contributed by atoms with Crippen molar-refractivity contribution in [3.63, 3.8) is 0 Å². The normalized spacial score (nSPS) is 12.0. The first-order valence-corrected chi connectivity index (χ1v) is 2.95. The molecule has 0 aromatic heterocycles. The van der Waals surface area contributed by atoms with Gasteiger partial charge in [0.15, 0.2) is 0 Å². The van der Waals surface area contributed by atoms with Crippen molar-refractivity contribution in [1.82, 2.24) is 0 Å². The monoisotopic (exact) mass is 384 g/mol. The molecule has 0 aliphatic rings. The van der Waals surface area contributed by atoms with E-state index in [1.165, 1.54) is 0 Å². The number of hydrogen-bond acceptors (Lipinski definition) is 12. The van der Waals surface area contributed by atoms with Gasteiger partial charge >= 0.3 is 65.2 Å². The topological polar surface area (TPSA) is 277 Å². The van der Waals surface area contributed by atoms with E-state index in [4.69, 9.17) is 61.3 Å². The Kier molecular flexibility index (Phi) is 17.8. The molecule has 0 aliphatic carbocycles. The Morgan fingerprint density at radius 3 is 0.316 bits per heavy atom. The maximum Gasteiger partial charge on any atom is 4.00 e. The molecule has 0 saturated carbocycles. The first kappa shape index (κ1) is 32.6. The molecular formula is C4O12Ti3. The molecule has 0 bridgehead atoms. The van der Waals surface area contributed by atoms with Crippen molar-refractivity contribution >= 4 is 0 Å². The van der Waals surface area contributed by atoms with Crippen molar-refractivity contribution in [2.45, 2.75) is 23.9 Å². The molecule has 0 radical (unpaired) electrons. The summed E-state index contributed by atoms with van der Waals surface area (Å²) in [5.74, 6) is -19.9. The molecule has 12 nitrogen and oxygen atoms in total. The Bertz CT molecular complexity index is 159. The van der Waals surface area contributed by atoms with Gasteiger partial charge in [0.2, 0.25) is 0 Å². The summed E-state index contributed by atoms with van der Waals surface area (Å²) in [6.07, 6.45) is 0. The molecule has 0 aromatic carbocycles. The molecule has 100 valence electrons. The third-order valence-electron chi connectivity index (χ3n) is 0.750. The molecule has 0 aliphatic heterocycles. The number of rotatable bonds is 2. The fourth-order valence-electron chi connectivity index (χ4n) is 0. The average Bonchev–Trinajstić information content (AvgIpc) is 1.77. The second-order valence-corrected chi connectivity index (χ2v) is 2.22. The van der Waals surface area contributed by atoms with E-state index in [0.717, 1.165) is 0 Å². The first-order chi connectivity index (χ1) is 6.50. The molecule has 0 aromatic rings. The summed E-state index contributed by atoms with van der Waals surface area (Å²) in [5, 5.41) is 109. The minimum Gasteiger partial charge on any atom is -0.879 e. The van der Waals surface area contributed by atoms with Crippen LogP contribution in [0.1, 0.15) is 0 Å². The summed E-state index contributed by atoms with van der Waals surface area (Å²) < 4.78 is 0. The van der Waals surface area contributed by atoms with Crippen molar-refractivity contribution in [1.29, 1.82) is 0 Å². The molecule has 0 unspecified atom stereocenters. The van der Waals surface area contributed by atoms with Crippen LogP contribution in [0, 0.1) is 0 Å². The van der Waals surface area contributed by atoms with E-state index in [0.29, 0.717) is 0 Å². The second-order valence-electron chi connectivity index (χ2n) is 2.22. The minimum atomic E-state index is -4.98. The molecule has 0 atom stereocenters. The molecule has 0 spiro atoms. The van der Waals surface area contributed by atoms with Crippen LogP contribution in [0.4, 0.5) is 0 Å². The molecule has 0 N–H and O–H groups in total. The molecule has 0 amide bonds. The van der Waals surface area contributed by atoms with Crippen molar-refractivity contribution in [2.75, 3.05) is 0 Å². The summed E-state index contributed by atoms with van der Waals surface area (Å²) in [4.78, 5) is 0.